The number of nitro benzene ring substituents is 1. The van der Waals surface area contributed by atoms with Crippen LogP contribution in [-0.2, 0) is 16.9 Å². The summed E-state index contributed by atoms with van der Waals surface area (Å²) in [7, 11) is 0. The van der Waals surface area contributed by atoms with Crippen LogP contribution in [0.25, 0.3) is 6.08 Å². The van der Waals surface area contributed by atoms with E-state index in [-0.39, 0.29) is 11.6 Å². The number of carbonyl (C=O) groups is 1. The topological polar surface area (TPSA) is 114 Å². The molecule has 0 aliphatic heterocycles. The molecule has 0 saturated heterocycles. The van der Waals surface area contributed by atoms with E-state index < -0.39 is 10.5 Å². The number of amides is 1. The predicted octanol–water partition coefficient (Wildman–Crippen LogP) is 3.42. The molecule has 1 aliphatic rings. The van der Waals surface area contributed by atoms with E-state index in [1.54, 1.807) is 18.2 Å². The van der Waals surface area contributed by atoms with Crippen molar-refractivity contribution in [2.75, 3.05) is 13.1 Å². The van der Waals surface area contributed by atoms with Crippen molar-refractivity contribution in [3.05, 3.63) is 57.7 Å². The normalized spacial score (nSPS) is 15.7. The van der Waals surface area contributed by atoms with E-state index >= 15 is 0 Å². The van der Waals surface area contributed by atoms with Crippen LogP contribution in [0.15, 0.2) is 34.9 Å². The van der Waals surface area contributed by atoms with Gasteiger partial charge in [-0.2, -0.15) is 4.98 Å². The van der Waals surface area contributed by atoms with E-state index in [1.807, 2.05) is 0 Å². The zero-order chi connectivity index (χ0) is 21.6. The Labute approximate surface area is 175 Å². The molecule has 1 amide bonds. The first-order chi connectivity index (χ1) is 14.5. The molecule has 0 atom stereocenters. The summed E-state index contributed by atoms with van der Waals surface area (Å²) >= 11 is 0. The number of hydrogen-bond acceptors (Lipinski definition) is 7. The van der Waals surface area contributed by atoms with Crippen molar-refractivity contribution >= 4 is 17.7 Å². The molecule has 9 nitrogen and oxygen atoms in total. The number of carbonyl (C=O) groups excluding carboxylic acids is 1. The molecule has 1 N–H and O–H groups in total. The highest BCUT2D eigenvalue weighted by Gasteiger charge is 2.41. The summed E-state index contributed by atoms with van der Waals surface area (Å²) in [5.74, 6) is 0.820. The second-order valence-electron chi connectivity index (χ2n) is 7.43. The summed E-state index contributed by atoms with van der Waals surface area (Å²) in [6.45, 7) is 6.53. The van der Waals surface area contributed by atoms with Gasteiger partial charge in [-0.25, -0.2) is 0 Å². The Morgan fingerprint density at radius 3 is 2.53 bits per heavy atom. The Balaban J connectivity index is 1.69. The standard InChI is InChI=1S/C21H27N5O4/c1-3-25(4-2)15-19-22-20(24-30-19)21(13-5-6-14-21)23-18(27)12-9-16-7-10-17(11-8-16)26(28)29/h7-12H,3-6,13-15H2,1-2H3,(H,23,27)/b12-9+. The smallest absolute Gasteiger partial charge is 0.269 e. The Bertz CT molecular complexity index is 896. The summed E-state index contributed by atoms with van der Waals surface area (Å²) < 4.78 is 5.45. The van der Waals surface area contributed by atoms with E-state index in [2.05, 4.69) is 34.2 Å². The number of nitrogens with one attached hydrogen (secondary N) is 1. The van der Waals surface area contributed by atoms with Crippen LogP contribution in [0.5, 0.6) is 0 Å². The summed E-state index contributed by atoms with van der Waals surface area (Å²) in [4.78, 5) is 29.6. The fourth-order valence-electron chi connectivity index (χ4n) is 3.69. The van der Waals surface area contributed by atoms with E-state index in [4.69, 9.17) is 4.52 Å². The van der Waals surface area contributed by atoms with Gasteiger partial charge in [0.1, 0.15) is 5.54 Å². The third-order valence-corrected chi connectivity index (χ3v) is 5.50. The highest BCUT2D eigenvalue weighted by molar-refractivity contribution is 5.92. The Morgan fingerprint density at radius 1 is 1.27 bits per heavy atom. The zero-order valence-corrected chi connectivity index (χ0v) is 17.3. The van der Waals surface area contributed by atoms with Crippen molar-refractivity contribution in [2.45, 2.75) is 51.6 Å². The van der Waals surface area contributed by atoms with Gasteiger partial charge >= 0.3 is 0 Å². The van der Waals surface area contributed by atoms with Gasteiger partial charge in [0.05, 0.1) is 11.5 Å². The molecule has 160 valence electrons. The van der Waals surface area contributed by atoms with Crippen molar-refractivity contribution < 1.29 is 14.2 Å². The minimum atomic E-state index is -0.623. The molecule has 1 aliphatic carbocycles. The quantitative estimate of drug-likeness (QED) is 0.380. The third kappa shape index (κ3) is 5.10. The van der Waals surface area contributed by atoms with E-state index in [9.17, 15) is 14.9 Å². The molecule has 0 radical (unpaired) electrons. The second-order valence-corrected chi connectivity index (χ2v) is 7.43. The molecule has 1 aromatic carbocycles. The Hall–Kier alpha value is -3.07. The maximum atomic E-state index is 12.6. The molecule has 1 saturated carbocycles. The summed E-state index contributed by atoms with van der Waals surface area (Å²) in [5, 5.41) is 18.0. The minimum Gasteiger partial charge on any atom is -0.340 e. The van der Waals surface area contributed by atoms with Crippen LogP contribution in [-0.4, -0.2) is 39.0 Å². The number of benzene rings is 1. The number of aromatic nitrogens is 2. The van der Waals surface area contributed by atoms with Crippen molar-refractivity contribution in [1.29, 1.82) is 0 Å². The van der Waals surface area contributed by atoms with Crippen LogP contribution >= 0.6 is 0 Å². The van der Waals surface area contributed by atoms with Crippen LogP contribution < -0.4 is 5.32 Å². The van der Waals surface area contributed by atoms with Crippen molar-refractivity contribution in [2.24, 2.45) is 0 Å². The molecule has 3 rings (SSSR count). The number of nitro groups is 1. The number of hydrogen-bond donors (Lipinski definition) is 1. The van der Waals surface area contributed by atoms with Gasteiger partial charge in [0, 0.05) is 18.2 Å². The molecule has 2 aromatic rings. The average Bonchev–Trinajstić information content (AvgIpc) is 3.41. The van der Waals surface area contributed by atoms with Crippen molar-refractivity contribution in [1.82, 2.24) is 20.4 Å². The van der Waals surface area contributed by atoms with Gasteiger partial charge in [-0.3, -0.25) is 19.8 Å². The molecule has 0 unspecified atom stereocenters. The first-order valence-electron chi connectivity index (χ1n) is 10.3. The van der Waals surface area contributed by atoms with Gasteiger partial charge in [0.25, 0.3) is 5.69 Å². The fraction of sp³-hybridized carbons (Fsp3) is 0.476. The number of rotatable bonds is 9. The van der Waals surface area contributed by atoms with Crippen LogP contribution in [0.4, 0.5) is 5.69 Å². The fourth-order valence-corrected chi connectivity index (χ4v) is 3.69. The lowest BCUT2D eigenvalue weighted by Gasteiger charge is -2.26. The van der Waals surface area contributed by atoms with Gasteiger partial charge in [-0.05, 0) is 49.7 Å². The lowest BCUT2D eigenvalue weighted by atomic mass is 9.96. The molecule has 1 heterocycles. The highest BCUT2D eigenvalue weighted by atomic mass is 16.6. The van der Waals surface area contributed by atoms with Gasteiger partial charge in [0.15, 0.2) is 5.82 Å². The van der Waals surface area contributed by atoms with E-state index in [0.717, 1.165) is 38.8 Å². The van der Waals surface area contributed by atoms with Gasteiger partial charge in [0.2, 0.25) is 11.8 Å². The molecule has 1 fully saturated rings. The average molecular weight is 413 g/mol. The predicted molar refractivity (Wildman–Crippen MR) is 111 cm³/mol. The number of non-ortho nitro benzene ring substituents is 1. The number of nitrogens with zero attached hydrogens (tertiary/aromatic N) is 4. The Morgan fingerprint density at radius 2 is 1.93 bits per heavy atom. The van der Waals surface area contributed by atoms with Crippen molar-refractivity contribution in [3.8, 4) is 0 Å². The lowest BCUT2D eigenvalue weighted by molar-refractivity contribution is -0.384. The third-order valence-electron chi connectivity index (χ3n) is 5.50. The van der Waals surface area contributed by atoms with E-state index in [0.29, 0.717) is 23.8 Å². The molecule has 30 heavy (non-hydrogen) atoms. The van der Waals surface area contributed by atoms with Crippen LogP contribution in [0.2, 0.25) is 0 Å². The first kappa shape index (κ1) is 21.6. The molecule has 0 bridgehead atoms. The maximum absolute atomic E-state index is 12.6. The SMILES string of the molecule is CCN(CC)Cc1nc(C2(NC(=O)/C=C/c3ccc([N+](=O)[O-])cc3)CCCC2)no1. The minimum absolute atomic E-state index is 0.0131. The zero-order valence-electron chi connectivity index (χ0n) is 17.3. The summed E-state index contributed by atoms with van der Waals surface area (Å²) in [5.41, 5.74) is 0.0958. The summed E-state index contributed by atoms with van der Waals surface area (Å²) in [6.07, 6.45) is 6.53. The molecule has 0 spiro atoms. The van der Waals surface area contributed by atoms with E-state index in [1.165, 1.54) is 18.2 Å². The lowest BCUT2D eigenvalue weighted by Crippen LogP contribution is -2.44. The Kier molecular flexibility index (Phi) is 6.94. The van der Waals surface area contributed by atoms with Crippen LogP contribution in [0.1, 0.15) is 56.8 Å². The largest absolute Gasteiger partial charge is 0.340 e. The molecular formula is C21H27N5O4. The second kappa shape index (κ2) is 9.62. The van der Waals surface area contributed by atoms with Gasteiger partial charge in [-0.1, -0.05) is 31.8 Å². The van der Waals surface area contributed by atoms with Gasteiger partial charge < -0.3 is 9.84 Å². The van der Waals surface area contributed by atoms with Crippen molar-refractivity contribution in [3.63, 3.8) is 0 Å². The monoisotopic (exact) mass is 413 g/mol. The molecular weight excluding hydrogens is 386 g/mol. The molecule has 9 heteroatoms. The summed E-state index contributed by atoms with van der Waals surface area (Å²) in [6, 6.07) is 6.03. The maximum Gasteiger partial charge on any atom is 0.269 e. The first-order valence-corrected chi connectivity index (χ1v) is 10.3. The van der Waals surface area contributed by atoms with Crippen LogP contribution in [0.3, 0.4) is 0 Å². The molecule has 1 aromatic heterocycles. The van der Waals surface area contributed by atoms with Gasteiger partial charge in [-0.15, -0.1) is 0 Å². The van der Waals surface area contributed by atoms with Crippen LogP contribution in [0, 0.1) is 10.1 Å². The highest BCUT2D eigenvalue weighted by Crippen LogP contribution is 2.37.